The molecule has 0 radical (unpaired) electrons. The number of halogens is 1. The van der Waals surface area contributed by atoms with Crippen LogP contribution >= 0.6 is 11.6 Å². The molecule has 6 heteroatoms. The van der Waals surface area contributed by atoms with E-state index >= 15 is 0 Å². The van der Waals surface area contributed by atoms with Crippen molar-refractivity contribution in [2.75, 3.05) is 5.32 Å². The molecule has 1 heterocycles. The number of carbonyl (C=O) groups is 1. The highest BCUT2D eigenvalue weighted by molar-refractivity contribution is 6.31. The van der Waals surface area contributed by atoms with E-state index in [4.69, 9.17) is 11.6 Å². The topological polar surface area (TPSA) is 66.9 Å². The lowest BCUT2D eigenvalue weighted by molar-refractivity contribution is 0.0934. The summed E-state index contributed by atoms with van der Waals surface area (Å²) in [6.45, 7) is 3.87. The minimum absolute atomic E-state index is 0.113. The first kappa shape index (κ1) is 17.9. The van der Waals surface area contributed by atoms with Crippen LogP contribution in [0.25, 0.3) is 0 Å². The van der Waals surface area contributed by atoms with Crippen LogP contribution in [0, 0.1) is 6.92 Å². The minimum Gasteiger partial charge on any atom is -0.344 e. The highest BCUT2D eigenvalue weighted by Crippen LogP contribution is 2.22. The number of anilines is 2. The van der Waals surface area contributed by atoms with Crippen LogP contribution in [0.5, 0.6) is 0 Å². The zero-order valence-corrected chi connectivity index (χ0v) is 15.3. The van der Waals surface area contributed by atoms with Gasteiger partial charge in [0.05, 0.1) is 18.4 Å². The fourth-order valence-electron chi connectivity index (χ4n) is 2.42. The maximum atomic E-state index is 12.3. The SMILES string of the molecule is Cc1ccc(Nc2cnc(C(=O)NC(C)c3ccccc3)cn2)cc1Cl. The second-order valence-electron chi connectivity index (χ2n) is 5.98. The van der Waals surface area contributed by atoms with Crippen molar-refractivity contribution in [2.45, 2.75) is 19.9 Å². The summed E-state index contributed by atoms with van der Waals surface area (Å²) in [6.07, 6.45) is 2.97. The molecule has 2 aromatic carbocycles. The van der Waals surface area contributed by atoms with Gasteiger partial charge in [-0.15, -0.1) is 0 Å². The molecule has 0 saturated heterocycles. The highest BCUT2D eigenvalue weighted by Gasteiger charge is 2.13. The van der Waals surface area contributed by atoms with Gasteiger partial charge in [0.15, 0.2) is 0 Å². The van der Waals surface area contributed by atoms with E-state index < -0.39 is 0 Å². The molecule has 5 nitrogen and oxygen atoms in total. The predicted octanol–water partition coefficient (Wildman–Crippen LogP) is 4.67. The average Bonchev–Trinajstić information content (AvgIpc) is 2.66. The Bertz CT molecular complexity index is 897. The minimum atomic E-state index is -0.265. The summed E-state index contributed by atoms with van der Waals surface area (Å²) < 4.78 is 0. The molecule has 26 heavy (non-hydrogen) atoms. The van der Waals surface area contributed by atoms with E-state index in [9.17, 15) is 4.79 Å². The second kappa shape index (κ2) is 7.97. The smallest absolute Gasteiger partial charge is 0.271 e. The summed E-state index contributed by atoms with van der Waals surface area (Å²) in [5, 5.41) is 6.71. The highest BCUT2D eigenvalue weighted by atomic mass is 35.5. The molecule has 3 rings (SSSR count). The molecule has 1 atom stereocenters. The first-order valence-electron chi connectivity index (χ1n) is 8.24. The molecule has 0 fully saturated rings. The van der Waals surface area contributed by atoms with Gasteiger partial charge in [-0.05, 0) is 37.1 Å². The molecule has 0 spiro atoms. The van der Waals surface area contributed by atoms with Crippen LogP contribution in [0.2, 0.25) is 5.02 Å². The van der Waals surface area contributed by atoms with Crippen LogP contribution in [0.1, 0.15) is 34.6 Å². The number of carbonyl (C=O) groups excluding carboxylic acids is 1. The number of aryl methyl sites for hydroxylation is 1. The standard InChI is InChI=1S/C20H19ClN4O/c1-13-8-9-16(10-17(13)21)25-19-12-22-18(11-23-19)20(26)24-14(2)15-6-4-3-5-7-15/h3-12,14H,1-2H3,(H,23,25)(H,24,26). The summed E-state index contributed by atoms with van der Waals surface area (Å²) >= 11 is 6.12. The van der Waals surface area contributed by atoms with Crippen molar-refractivity contribution in [3.05, 3.63) is 82.8 Å². The van der Waals surface area contributed by atoms with Gasteiger partial charge in [0.1, 0.15) is 11.5 Å². The molecule has 1 unspecified atom stereocenters. The van der Waals surface area contributed by atoms with Crippen LogP contribution in [-0.4, -0.2) is 15.9 Å². The zero-order chi connectivity index (χ0) is 18.5. The quantitative estimate of drug-likeness (QED) is 0.688. The van der Waals surface area contributed by atoms with Gasteiger partial charge in [0.2, 0.25) is 0 Å². The van der Waals surface area contributed by atoms with Gasteiger partial charge in [-0.3, -0.25) is 4.79 Å². The zero-order valence-electron chi connectivity index (χ0n) is 14.5. The Morgan fingerprint density at radius 1 is 1.08 bits per heavy atom. The number of amides is 1. The number of nitrogens with zero attached hydrogens (tertiary/aromatic N) is 2. The molecule has 0 saturated carbocycles. The predicted molar refractivity (Wildman–Crippen MR) is 104 cm³/mol. The molecule has 0 aliphatic carbocycles. The van der Waals surface area contributed by atoms with Gasteiger partial charge >= 0.3 is 0 Å². The van der Waals surface area contributed by atoms with Crippen LogP contribution in [0.15, 0.2) is 60.9 Å². The van der Waals surface area contributed by atoms with E-state index in [1.54, 1.807) is 0 Å². The molecular formula is C20H19ClN4O. The Hall–Kier alpha value is -2.92. The fraction of sp³-hybridized carbons (Fsp3) is 0.150. The van der Waals surface area contributed by atoms with E-state index in [2.05, 4.69) is 20.6 Å². The Balaban J connectivity index is 1.65. The molecule has 2 N–H and O–H groups in total. The first-order valence-corrected chi connectivity index (χ1v) is 8.62. The third-order valence-electron chi connectivity index (χ3n) is 3.98. The third kappa shape index (κ3) is 4.37. The molecule has 0 aliphatic rings. The lowest BCUT2D eigenvalue weighted by Gasteiger charge is -2.14. The number of hydrogen-bond donors (Lipinski definition) is 2. The van der Waals surface area contributed by atoms with Crippen molar-refractivity contribution in [1.29, 1.82) is 0 Å². The Morgan fingerprint density at radius 2 is 1.85 bits per heavy atom. The first-order chi connectivity index (χ1) is 12.5. The molecule has 0 aliphatic heterocycles. The molecule has 0 bridgehead atoms. The average molecular weight is 367 g/mol. The third-order valence-corrected chi connectivity index (χ3v) is 4.38. The lowest BCUT2D eigenvalue weighted by Crippen LogP contribution is -2.27. The van der Waals surface area contributed by atoms with Crippen LogP contribution < -0.4 is 10.6 Å². The summed E-state index contributed by atoms with van der Waals surface area (Å²) in [6, 6.07) is 15.3. The number of nitrogens with one attached hydrogen (secondary N) is 2. The summed E-state index contributed by atoms with van der Waals surface area (Å²) in [5.74, 6) is 0.274. The molecule has 1 aromatic heterocycles. The van der Waals surface area contributed by atoms with Gasteiger partial charge in [-0.25, -0.2) is 9.97 Å². The van der Waals surface area contributed by atoms with Gasteiger partial charge < -0.3 is 10.6 Å². The van der Waals surface area contributed by atoms with Crippen LogP contribution in [0.4, 0.5) is 11.5 Å². The monoisotopic (exact) mass is 366 g/mol. The Labute approximate surface area is 157 Å². The molecular weight excluding hydrogens is 348 g/mol. The second-order valence-corrected chi connectivity index (χ2v) is 6.39. The molecule has 1 amide bonds. The number of aromatic nitrogens is 2. The Kier molecular flexibility index (Phi) is 5.49. The van der Waals surface area contributed by atoms with Crippen molar-refractivity contribution in [2.24, 2.45) is 0 Å². The van der Waals surface area contributed by atoms with Gasteiger partial charge in [-0.2, -0.15) is 0 Å². The summed E-state index contributed by atoms with van der Waals surface area (Å²) in [5.41, 5.74) is 3.11. The van der Waals surface area contributed by atoms with E-state index in [1.165, 1.54) is 12.4 Å². The number of hydrogen-bond acceptors (Lipinski definition) is 4. The normalized spacial score (nSPS) is 11.7. The lowest BCUT2D eigenvalue weighted by atomic mass is 10.1. The van der Waals surface area contributed by atoms with E-state index in [1.807, 2.05) is 62.4 Å². The van der Waals surface area contributed by atoms with Crippen LogP contribution in [0.3, 0.4) is 0 Å². The van der Waals surface area contributed by atoms with E-state index in [0.717, 1.165) is 16.8 Å². The van der Waals surface area contributed by atoms with Crippen molar-refractivity contribution in [1.82, 2.24) is 15.3 Å². The summed E-state index contributed by atoms with van der Waals surface area (Å²) in [7, 11) is 0. The van der Waals surface area contributed by atoms with Gasteiger partial charge in [0, 0.05) is 10.7 Å². The molecule has 3 aromatic rings. The van der Waals surface area contributed by atoms with Crippen molar-refractivity contribution in [3.8, 4) is 0 Å². The van der Waals surface area contributed by atoms with Gasteiger partial charge in [-0.1, -0.05) is 48.0 Å². The number of benzene rings is 2. The largest absolute Gasteiger partial charge is 0.344 e. The van der Waals surface area contributed by atoms with Crippen molar-refractivity contribution < 1.29 is 4.79 Å². The van der Waals surface area contributed by atoms with E-state index in [0.29, 0.717) is 10.8 Å². The maximum Gasteiger partial charge on any atom is 0.271 e. The summed E-state index contributed by atoms with van der Waals surface area (Å²) in [4.78, 5) is 20.8. The van der Waals surface area contributed by atoms with Crippen molar-refractivity contribution in [3.63, 3.8) is 0 Å². The van der Waals surface area contributed by atoms with Gasteiger partial charge in [0.25, 0.3) is 5.91 Å². The van der Waals surface area contributed by atoms with Crippen molar-refractivity contribution >= 4 is 29.0 Å². The molecule has 132 valence electrons. The fourth-order valence-corrected chi connectivity index (χ4v) is 2.60. The maximum absolute atomic E-state index is 12.3. The van der Waals surface area contributed by atoms with Crippen LogP contribution in [-0.2, 0) is 0 Å². The van der Waals surface area contributed by atoms with E-state index in [-0.39, 0.29) is 17.6 Å². The number of rotatable bonds is 5. The Morgan fingerprint density at radius 3 is 2.50 bits per heavy atom.